The molecule has 0 aliphatic heterocycles. The molecule has 3 rings (SSSR count). The van der Waals surface area contributed by atoms with E-state index in [1.165, 1.54) is 19.1 Å². The highest BCUT2D eigenvalue weighted by Gasteiger charge is 2.17. The summed E-state index contributed by atoms with van der Waals surface area (Å²) < 4.78 is 7.02. The minimum atomic E-state index is -0.407. The van der Waals surface area contributed by atoms with Crippen LogP contribution in [0.25, 0.3) is 0 Å². The molecule has 1 heterocycles. The van der Waals surface area contributed by atoms with Crippen molar-refractivity contribution in [3.8, 4) is 5.75 Å². The third-order valence-corrected chi connectivity index (χ3v) is 4.95. The average Bonchev–Trinajstić information content (AvgIpc) is 3.31. The van der Waals surface area contributed by atoms with E-state index < -0.39 is 5.91 Å². The lowest BCUT2D eigenvalue weighted by atomic mass is 10.1. The van der Waals surface area contributed by atoms with E-state index in [0.717, 1.165) is 0 Å². The van der Waals surface area contributed by atoms with Gasteiger partial charge >= 0.3 is 0 Å². The van der Waals surface area contributed by atoms with Crippen LogP contribution < -0.4 is 15.4 Å². The second-order valence-corrected chi connectivity index (χ2v) is 7.67. The summed E-state index contributed by atoms with van der Waals surface area (Å²) in [5.74, 6) is -0.497. The highest BCUT2D eigenvalue weighted by Crippen LogP contribution is 2.27. The fourth-order valence-corrected chi connectivity index (χ4v) is 3.25. The van der Waals surface area contributed by atoms with E-state index in [-0.39, 0.29) is 24.8 Å². The van der Waals surface area contributed by atoms with E-state index in [9.17, 15) is 14.4 Å². The Morgan fingerprint density at radius 2 is 1.94 bits per heavy atom. The van der Waals surface area contributed by atoms with E-state index >= 15 is 0 Å². The topological polar surface area (TPSA) is 106 Å². The molecule has 2 aromatic carbocycles. The van der Waals surface area contributed by atoms with Crippen LogP contribution in [0.3, 0.4) is 0 Å². The van der Waals surface area contributed by atoms with Crippen molar-refractivity contribution >= 4 is 40.7 Å². The largest absolute Gasteiger partial charge is 0.495 e. The molecular formula is C23H24ClN5O4. The first-order valence-electron chi connectivity index (χ1n) is 10.1. The fourth-order valence-electron chi connectivity index (χ4n) is 3.08. The molecule has 0 unspecified atom stereocenters. The number of ether oxygens (including phenoxy) is 1. The third kappa shape index (κ3) is 6.81. The fraction of sp³-hybridized carbons (Fsp3) is 0.217. The number of nitrogens with one attached hydrogen (secondary N) is 2. The summed E-state index contributed by atoms with van der Waals surface area (Å²) >= 11 is 5.98. The van der Waals surface area contributed by atoms with Gasteiger partial charge in [0.1, 0.15) is 5.75 Å². The molecule has 0 saturated carbocycles. The molecule has 1 aromatic heterocycles. The van der Waals surface area contributed by atoms with Crippen LogP contribution in [0, 0.1) is 0 Å². The van der Waals surface area contributed by atoms with Crippen LogP contribution in [0.4, 0.5) is 11.4 Å². The number of aromatic nitrogens is 2. The zero-order valence-corrected chi connectivity index (χ0v) is 19.0. The molecule has 0 saturated heterocycles. The molecule has 0 aliphatic carbocycles. The van der Waals surface area contributed by atoms with E-state index in [0.29, 0.717) is 34.3 Å². The Balaban J connectivity index is 1.57. The monoisotopic (exact) mass is 469 g/mol. The summed E-state index contributed by atoms with van der Waals surface area (Å²) in [5, 5.41) is 5.92. The summed E-state index contributed by atoms with van der Waals surface area (Å²) in [7, 11) is 3.01. The van der Waals surface area contributed by atoms with Crippen LogP contribution >= 0.6 is 11.6 Å². The first-order chi connectivity index (χ1) is 15.9. The van der Waals surface area contributed by atoms with Crippen molar-refractivity contribution in [1.82, 2.24) is 14.5 Å². The Hall–Kier alpha value is -3.85. The number of methoxy groups -OCH3 is 1. The maximum Gasteiger partial charge on any atom is 0.254 e. The molecule has 0 bridgehead atoms. The van der Waals surface area contributed by atoms with Crippen LogP contribution in [-0.2, 0) is 16.1 Å². The van der Waals surface area contributed by atoms with Crippen LogP contribution in [0.1, 0.15) is 16.8 Å². The maximum atomic E-state index is 12.8. The lowest BCUT2D eigenvalue weighted by Gasteiger charge is -2.18. The standard InChI is InChI=1S/C23H24ClN5O4/c1-28(14-22(31)27-19-13-17(24)6-7-20(19)33-2)23(32)16-4-3-5-18(12-16)26-21(30)8-10-29-11-9-25-15-29/h3-7,9,11-13,15H,8,10,14H2,1-2H3,(H,26,30)(H,27,31). The van der Waals surface area contributed by atoms with Crippen LogP contribution in [0.5, 0.6) is 5.75 Å². The van der Waals surface area contributed by atoms with Gasteiger partial charge in [0.25, 0.3) is 5.91 Å². The van der Waals surface area contributed by atoms with E-state index in [1.807, 2.05) is 0 Å². The summed E-state index contributed by atoms with van der Waals surface area (Å²) in [6.45, 7) is 0.315. The predicted molar refractivity (Wildman–Crippen MR) is 126 cm³/mol. The first-order valence-corrected chi connectivity index (χ1v) is 10.5. The number of aryl methyl sites for hydroxylation is 1. The molecule has 9 nitrogen and oxygen atoms in total. The molecule has 33 heavy (non-hydrogen) atoms. The van der Waals surface area contributed by atoms with Gasteiger partial charge < -0.3 is 24.8 Å². The number of anilines is 2. The molecule has 0 atom stereocenters. The van der Waals surface area contributed by atoms with Crippen molar-refractivity contribution in [2.45, 2.75) is 13.0 Å². The predicted octanol–water partition coefficient (Wildman–Crippen LogP) is 3.28. The number of carbonyl (C=O) groups is 3. The second kappa shape index (κ2) is 11.1. The third-order valence-electron chi connectivity index (χ3n) is 4.71. The van der Waals surface area contributed by atoms with E-state index in [2.05, 4.69) is 15.6 Å². The maximum absolute atomic E-state index is 12.8. The first kappa shape index (κ1) is 23.8. The van der Waals surface area contributed by atoms with Gasteiger partial charge in [0.2, 0.25) is 11.8 Å². The molecular weight excluding hydrogens is 446 g/mol. The Bertz CT molecular complexity index is 1130. The normalized spacial score (nSPS) is 10.4. The van der Waals surface area contributed by atoms with Gasteiger partial charge in [0, 0.05) is 48.7 Å². The Morgan fingerprint density at radius 1 is 1.12 bits per heavy atom. The highest BCUT2D eigenvalue weighted by molar-refractivity contribution is 6.31. The Labute approximate surface area is 196 Å². The van der Waals surface area contributed by atoms with Gasteiger partial charge in [-0.15, -0.1) is 0 Å². The molecule has 0 fully saturated rings. The summed E-state index contributed by atoms with van der Waals surface area (Å²) in [6, 6.07) is 11.4. The van der Waals surface area contributed by atoms with Crippen molar-refractivity contribution in [2.24, 2.45) is 0 Å². The zero-order chi connectivity index (χ0) is 23.8. The Kier molecular flexibility index (Phi) is 8.04. The molecule has 10 heteroatoms. The van der Waals surface area contributed by atoms with Crippen molar-refractivity contribution in [3.05, 3.63) is 71.8 Å². The van der Waals surface area contributed by atoms with E-state index in [1.54, 1.807) is 65.8 Å². The molecule has 3 amide bonds. The SMILES string of the molecule is COc1ccc(Cl)cc1NC(=O)CN(C)C(=O)c1cccc(NC(=O)CCn2ccnc2)c1. The molecule has 3 aromatic rings. The number of hydrogen-bond acceptors (Lipinski definition) is 5. The summed E-state index contributed by atoms with van der Waals surface area (Å²) in [5.41, 5.74) is 1.26. The molecule has 2 N–H and O–H groups in total. The molecule has 172 valence electrons. The van der Waals surface area contributed by atoms with Gasteiger partial charge in [-0.3, -0.25) is 14.4 Å². The number of benzene rings is 2. The van der Waals surface area contributed by atoms with Gasteiger partial charge in [-0.2, -0.15) is 0 Å². The second-order valence-electron chi connectivity index (χ2n) is 7.23. The average molecular weight is 470 g/mol. The van der Waals surface area contributed by atoms with E-state index in [4.69, 9.17) is 16.3 Å². The van der Waals surface area contributed by atoms with Crippen molar-refractivity contribution in [1.29, 1.82) is 0 Å². The van der Waals surface area contributed by atoms with Gasteiger partial charge in [-0.1, -0.05) is 17.7 Å². The lowest BCUT2D eigenvalue weighted by Crippen LogP contribution is -2.35. The number of hydrogen-bond donors (Lipinski definition) is 2. The van der Waals surface area contributed by atoms with Gasteiger partial charge in [-0.05, 0) is 36.4 Å². The summed E-state index contributed by atoms with van der Waals surface area (Å²) in [4.78, 5) is 42.7. The van der Waals surface area contributed by atoms with Gasteiger partial charge in [0.05, 0.1) is 25.7 Å². The number of likely N-dealkylation sites (N-methyl/N-ethyl adjacent to an activating group) is 1. The van der Waals surface area contributed by atoms with Gasteiger partial charge in [-0.25, -0.2) is 4.98 Å². The smallest absolute Gasteiger partial charge is 0.254 e. The number of amides is 3. The number of nitrogens with zero attached hydrogens (tertiary/aromatic N) is 3. The van der Waals surface area contributed by atoms with Crippen LogP contribution in [-0.4, -0.2) is 52.9 Å². The van der Waals surface area contributed by atoms with Crippen LogP contribution in [0.2, 0.25) is 5.02 Å². The highest BCUT2D eigenvalue weighted by atomic mass is 35.5. The van der Waals surface area contributed by atoms with Crippen molar-refractivity contribution in [3.63, 3.8) is 0 Å². The minimum Gasteiger partial charge on any atom is -0.495 e. The summed E-state index contributed by atoms with van der Waals surface area (Å²) in [6.07, 6.45) is 5.33. The number of halogens is 1. The minimum absolute atomic E-state index is 0.184. The number of imidazole rings is 1. The lowest BCUT2D eigenvalue weighted by molar-refractivity contribution is -0.117. The molecule has 0 aliphatic rings. The number of rotatable bonds is 9. The Morgan fingerprint density at radius 3 is 2.67 bits per heavy atom. The van der Waals surface area contributed by atoms with Crippen molar-refractivity contribution < 1.29 is 19.1 Å². The van der Waals surface area contributed by atoms with Crippen LogP contribution in [0.15, 0.2) is 61.2 Å². The quantitative estimate of drug-likeness (QED) is 0.500. The molecule has 0 radical (unpaired) electrons. The zero-order valence-electron chi connectivity index (χ0n) is 18.2. The molecule has 0 spiro atoms. The van der Waals surface area contributed by atoms with Gasteiger partial charge in [0.15, 0.2) is 0 Å². The number of carbonyl (C=O) groups excluding carboxylic acids is 3. The van der Waals surface area contributed by atoms with Crippen molar-refractivity contribution in [2.75, 3.05) is 31.3 Å².